The number of benzene rings is 1. The van der Waals surface area contributed by atoms with Gasteiger partial charge in [0, 0.05) is 11.6 Å². The summed E-state index contributed by atoms with van der Waals surface area (Å²) in [5.41, 5.74) is 0.356. The summed E-state index contributed by atoms with van der Waals surface area (Å²) in [6.07, 6.45) is 0. The molecule has 4 heteroatoms. The first-order valence-corrected chi connectivity index (χ1v) is 5.04. The number of hydrogen-bond acceptors (Lipinski definition) is 1. The summed E-state index contributed by atoms with van der Waals surface area (Å²) in [4.78, 5) is 1.82. The van der Waals surface area contributed by atoms with Gasteiger partial charge in [0.15, 0.2) is 0 Å². The molecule has 0 saturated carbocycles. The minimum Gasteiger partial charge on any atom is -0.303 e. The number of nitrogens with zero attached hydrogens (tertiary/aromatic N) is 1. The molecule has 0 amide bonds. The van der Waals surface area contributed by atoms with Crippen LogP contribution in [0, 0.1) is 11.6 Å². The van der Waals surface area contributed by atoms with Gasteiger partial charge in [-0.1, -0.05) is 0 Å². The van der Waals surface area contributed by atoms with Gasteiger partial charge in [0.1, 0.15) is 11.6 Å². The Hall–Kier alpha value is -0.480. The highest BCUT2D eigenvalue weighted by atomic mass is 79.9. The van der Waals surface area contributed by atoms with Crippen molar-refractivity contribution in [3.8, 4) is 0 Å². The minimum atomic E-state index is -0.435. The molecule has 0 aliphatic rings. The van der Waals surface area contributed by atoms with Crippen molar-refractivity contribution in [2.75, 3.05) is 14.1 Å². The van der Waals surface area contributed by atoms with E-state index in [-0.39, 0.29) is 16.3 Å². The van der Waals surface area contributed by atoms with Gasteiger partial charge in [-0.15, -0.1) is 0 Å². The summed E-state index contributed by atoms with van der Waals surface area (Å²) < 4.78 is 26.8. The summed E-state index contributed by atoms with van der Waals surface area (Å²) >= 11 is 3.06. The summed E-state index contributed by atoms with van der Waals surface area (Å²) in [6, 6.07) is 2.10. The van der Waals surface area contributed by atoms with E-state index in [4.69, 9.17) is 0 Å². The average Bonchev–Trinajstić information content (AvgIpc) is 2.12. The fourth-order valence-corrected chi connectivity index (χ4v) is 1.84. The monoisotopic (exact) mass is 263 g/mol. The summed E-state index contributed by atoms with van der Waals surface area (Å²) in [5, 5.41) is 0. The molecule has 1 nitrogen and oxygen atoms in total. The van der Waals surface area contributed by atoms with Crippen molar-refractivity contribution in [1.29, 1.82) is 0 Å². The molecule has 1 unspecified atom stereocenters. The molecule has 0 N–H and O–H groups in total. The summed E-state index contributed by atoms with van der Waals surface area (Å²) in [6.45, 7) is 1.82. The summed E-state index contributed by atoms with van der Waals surface area (Å²) in [7, 11) is 3.64. The molecule has 0 aromatic heterocycles. The van der Waals surface area contributed by atoms with Crippen LogP contribution in [0.15, 0.2) is 16.6 Å². The Morgan fingerprint density at radius 2 is 1.71 bits per heavy atom. The molecule has 1 rings (SSSR count). The molecule has 0 saturated heterocycles. The SMILES string of the molecule is CC(c1c(F)ccc(F)c1Br)N(C)C. The van der Waals surface area contributed by atoms with Gasteiger partial charge in [-0.25, -0.2) is 8.78 Å². The Morgan fingerprint density at radius 1 is 1.21 bits per heavy atom. The molecule has 0 aliphatic carbocycles. The molecule has 1 aromatic carbocycles. The van der Waals surface area contributed by atoms with Crippen molar-refractivity contribution in [2.45, 2.75) is 13.0 Å². The smallest absolute Gasteiger partial charge is 0.137 e. The highest BCUT2D eigenvalue weighted by Gasteiger charge is 2.18. The van der Waals surface area contributed by atoms with Crippen LogP contribution in [-0.4, -0.2) is 19.0 Å². The summed E-state index contributed by atoms with van der Waals surface area (Å²) in [5.74, 6) is -0.824. The van der Waals surface area contributed by atoms with Crippen molar-refractivity contribution in [3.63, 3.8) is 0 Å². The van der Waals surface area contributed by atoms with E-state index in [1.807, 2.05) is 25.9 Å². The van der Waals surface area contributed by atoms with Gasteiger partial charge in [-0.05, 0) is 49.1 Å². The van der Waals surface area contributed by atoms with Crippen LogP contribution in [0.25, 0.3) is 0 Å². The largest absolute Gasteiger partial charge is 0.303 e. The van der Waals surface area contributed by atoms with Crippen molar-refractivity contribution in [1.82, 2.24) is 4.90 Å². The normalized spacial score (nSPS) is 13.4. The fourth-order valence-electron chi connectivity index (χ4n) is 1.18. The molecule has 0 fully saturated rings. The van der Waals surface area contributed by atoms with Crippen molar-refractivity contribution in [2.24, 2.45) is 0 Å². The Labute approximate surface area is 90.8 Å². The molecular formula is C10H12BrF2N. The topological polar surface area (TPSA) is 3.24 Å². The fraction of sp³-hybridized carbons (Fsp3) is 0.400. The lowest BCUT2D eigenvalue weighted by Crippen LogP contribution is -2.18. The first-order valence-electron chi connectivity index (χ1n) is 4.25. The first kappa shape index (κ1) is 11.6. The third-order valence-corrected chi connectivity index (χ3v) is 3.08. The van der Waals surface area contributed by atoms with Crippen LogP contribution in [0.2, 0.25) is 0 Å². The van der Waals surface area contributed by atoms with Crippen LogP contribution in [0.4, 0.5) is 8.78 Å². The molecule has 78 valence electrons. The molecule has 0 radical (unpaired) electrons. The highest BCUT2D eigenvalue weighted by Crippen LogP contribution is 2.30. The standard InChI is InChI=1S/C10H12BrF2N/c1-6(14(2)3)9-7(12)4-5-8(13)10(9)11/h4-6H,1-3H3. The van der Waals surface area contributed by atoms with E-state index in [0.29, 0.717) is 5.56 Å². The maximum atomic E-state index is 13.4. The van der Waals surface area contributed by atoms with Crippen LogP contribution in [0.1, 0.15) is 18.5 Å². The highest BCUT2D eigenvalue weighted by molar-refractivity contribution is 9.10. The third kappa shape index (κ3) is 2.12. The molecule has 1 aromatic rings. The molecule has 0 heterocycles. The Bertz CT molecular complexity index is 339. The van der Waals surface area contributed by atoms with Crippen molar-refractivity contribution >= 4 is 15.9 Å². The number of hydrogen-bond donors (Lipinski definition) is 0. The van der Waals surface area contributed by atoms with Gasteiger partial charge in [-0.2, -0.15) is 0 Å². The third-order valence-electron chi connectivity index (χ3n) is 2.27. The molecule has 0 bridgehead atoms. The van der Waals surface area contributed by atoms with Crippen LogP contribution in [0.3, 0.4) is 0 Å². The van der Waals surface area contributed by atoms with Crippen molar-refractivity contribution < 1.29 is 8.78 Å². The zero-order chi connectivity index (χ0) is 10.9. The van der Waals surface area contributed by atoms with Crippen molar-refractivity contribution in [3.05, 3.63) is 33.8 Å². The van der Waals surface area contributed by atoms with Gasteiger partial charge < -0.3 is 4.90 Å². The van der Waals surface area contributed by atoms with Gasteiger partial charge in [0.2, 0.25) is 0 Å². The van der Waals surface area contributed by atoms with E-state index in [1.54, 1.807) is 0 Å². The van der Waals surface area contributed by atoms with Crippen LogP contribution < -0.4 is 0 Å². The predicted molar refractivity (Wildman–Crippen MR) is 56.2 cm³/mol. The van der Waals surface area contributed by atoms with Crippen LogP contribution in [-0.2, 0) is 0 Å². The average molecular weight is 264 g/mol. The minimum absolute atomic E-state index is 0.167. The first-order chi connectivity index (χ1) is 6.45. The molecule has 14 heavy (non-hydrogen) atoms. The second kappa shape index (κ2) is 4.36. The lowest BCUT2D eigenvalue weighted by molar-refractivity contribution is 0.310. The second-order valence-electron chi connectivity index (χ2n) is 3.40. The molecular weight excluding hydrogens is 252 g/mol. The van der Waals surface area contributed by atoms with E-state index in [9.17, 15) is 8.78 Å². The van der Waals surface area contributed by atoms with E-state index in [0.717, 1.165) is 12.1 Å². The predicted octanol–water partition coefficient (Wildman–Crippen LogP) is 3.35. The molecule has 1 atom stereocenters. The zero-order valence-electron chi connectivity index (χ0n) is 8.31. The Balaban J connectivity index is 3.25. The zero-order valence-corrected chi connectivity index (χ0v) is 9.90. The quantitative estimate of drug-likeness (QED) is 0.740. The van der Waals surface area contributed by atoms with Gasteiger partial charge >= 0.3 is 0 Å². The van der Waals surface area contributed by atoms with Gasteiger partial charge in [0.25, 0.3) is 0 Å². The van der Waals surface area contributed by atoms with E-state index < -0.39 is 5.82 Å². The Morgan fingerprint density at radius 3 is 2.21 bits per heavy atom. The van der Waals surface area contributed by atoms with E-state index >= 15 is 0 Å². The lowest BCUT2D eigenvalue weighted by Gasteiger charge is -2.22. The van der Waals surface area contributed by atoms with Gasteiger partial charge in [-0.3, -0.25) is 0 Å². The maximum Gasteiger partial charge on any atom is 0.137 e. The number of rotatable bonds is 2. The lowest BCUT2D eigenvalue weighted by atomic mass is 10.1. The van der Waals surface area contributed by atoms with Gasteiger partial charge in [0.05, 0.1) is 4.47 Å². The van der Waals surface area contributed by atoms with E-state index in [1.165, 1.54) is 0 Å². The number of halogens is 3. The van der Waals surface area contributed by atoms with Crippen LogP contribution in [0.5, 0.6) is 0 Å². The molecule has 0 aliphatic heterocycles. The van der Waals surface area contributed by atoms with E-state index in [2.05, 4.69) is 15.9 Å². The molecule has 0 spiro atoms. The maximum absolute atomic E-state index is 13.4. The Kier molecular flexibility index (Phi) is 3.61. The second-order valence-corrected chi connectivity index (χ2v) is 4.19. The van der Waals surface area contributed by atoms with Crippen LogP contribution >= 0.6 is 15.9 Å².